The molecule has 76 valence electrons. The molecule has 0 aliphatic carbocycles. The van der Waals surface area contributed by atoms with Gasteiger partial charge in [0.05, 0.1) is 0 Å². The lowest BCUT2D eigenvalue weighted by molar-refractivity contribution is 0.101. The van der Waals surface area contributed by atoms with E-state index in [1.807, 2.05) is 0 Å². The molecule has 0 radical (unpaired) electrons. The maximum Gasteiger partial charge on any atom is 0.347 e. The molecule has 0 spiro atoms. The quantitative estimate of drug-likeness (QED) is 0.530. The van der Waals surface area contributed by atoms with E-state index in [1.54, 1.807) is 0 Å². The monoisotopic (exact) mass is 206 g/mol. The minimum Gasteiger partial charge on any atom is -0.422 e. The summed E-state index contributed by atoms with van der Waals surface area (Å²) in [6.45, 7) is 1.28. The molecule has 0 saturated carbocycles. The van der Waals surface area contributed by atoms with Gasteiger partial charge in [0.25, 0.3) is 0 Å². The molecule has 1 aromatic heterocycles. The van der Waals surface area contributed by atoms with Gasteiger partial charge in [-0.3, -0.25) is 4.79 Å². The predicted molar refractivity (Wildman–Crippen MR) is 52.4 cm³/mol. The van der Waals surface area contributed by atoms with Crippen molar-refractivity contribution in [2.45, 2.75) is 6.92 Å². The van der Waals surface area contributed by atoms with Crippen molar-refractivity contribution in [1.82, 2.24) is 0 Å². The van der Waals surface area contributed by atoms with Crippen LogP contribution in [0.4, 0.5) is 4.39 Å². The van der Waals surface area contributed by atoms with E-state index in [0.717, 1.165) is 6.07 Å². The maximum absolute atomic E-state index is 12.8. The number of Topliss-reactive ketones (excluding diaryl/α,β-unsaturated/α-hetero) is 1. The molecule has 2 rings (SSSR count). The number of carbonyl (C=O) groups excluding carboxylic acids is 1. The lowest BCUT2D eigenvalue weighted by Gasteiger charge is -1.98. The van der Waals surface area contributed by atoms with Gasteiger partial charge in [-0.05, 0) is 25.1 Å². The fraction of sp³-hybridized carbons (Fsp3) is 0.0909. The standard InChI is InChI=1S/C11H7FO3/c1-6(13)9-4-7-2-3-8(12)5-10(7)15-11(9)14/h2-5H,1H3. The van der Waals surface area contributed by atoms with E-state index in [-0.39, 0.29) is 16.9 Å². The Balaban J connectivity index is 2.82. The summed E-state index contributed by atoms with van der Waals surface area (Å²) in [7, 11) is 0. The van der Waals surface area contributed by atoms with Crippen molar-refractivity contribution in [2.75, 3.05) is 0 Å². The second kappa shape index (κ2) is 3.31. The van der Waals surface area contributed by atoms with Gasteiger partial charge in [-0.25, -0.2) is 9.18 Å². The predicted octanol–water partition coefficient (Wildman–Crippen LogP) is 2.13. The lowest BCUT2D eigenvalue weighted by atomic mass is 10.1. The Labute approximate surface area is 84.1 Å². The topological polar surface area (TPSA) is 47.3 Å². The molecule has 0 aliphatic heterocycles. The van der Waals surface area contributed by atoms with Crippen LogP contribution >= 0.6 is 0 Å². The zero-order valence-corrected chi connectivity index (χ0v) is 7.91. The largest absolute Gasteiger partial charge is 0.422 e. The Morgan fingerprint density at radius 1 is 1.33 bits per heavy atom. The summed E-state index contributed by atoms with van der Waals surface area (Å²) in [5.41, 5.74) is -0.611. The minimum atomic E-state index is -0.736. The Bertz CT molecular complexity index is 598. The van der Waals surface area contributed by atoms with Crippen molar-refractivity contribution >= 4 is 16.8 Å². The molecule has 2 aromatic rings. The van der Waals surface area contributed by atoms with E-state index in [4.69, 9.17) is 4.42 Å². The van der Waals surface area contributed by atoms with E-state index >= 15 is 0 Å². The van der Waals surface area contributed by atoms with Crippen LogP contribution in [0.2, 0.25) is 0 Å². The number of hydrogen-bond donors (Lipinski definition) is 0. The van der Waals surface area contributed by atoms with E-state index in [0.29, 0.717) is 5.39 Å². The molecule has 0 atom stereocenters. The first-order chi connectivity index (χ1) is 7.08. The van der Waals surface area contributed by atoms with Crippen molar-refractivity contribution in [1.29, 1.82) is 0 Å². The number of carbonyl (C=O) groups is 1. The van der Waals surface area contributed by atoms with Crippen molar-refractivity contribution in [3.8, 4) is 0 Å². The first kappa shape index (κ1) is 9.58. The van der Waals surface area contributed by atoms with Gasteiger partial charge in [0.1, 0.15) is 17.0 Å². The highest BCUT2D eigenvalue weighted by Gasteiger charge is 2.09. The Morgan fingerprint density at radius 3 is 2.73 bits per heavy atom. The molecule has 0 bridgehead atoms. The summed E-state index contributed by atoms with van der Waals surface area (Å²) in [6, 6.07) is 5.22. The molecule has 0 fully saturated rings. The van der Waals surface area contributed by atoms with Gasteiger partial charge in [0.15, 0.2) is 5.78 Å². The zero-order valence-electron chi connectivity index (χ0n) is 7.91. The summed E-state index contributed by atoms with van der Waals surface area (Å²) in [5.74, 6) is -0.851. The van der Waals surface area contributed by atoms with E-state index in [2.05, 4.69) is 0 Å². The van der Waals surface area contributed by atoms with Crippen LogP contribution < -0.4 is 5.63 Å². The van der Waals surface area contributed by atoms with Crippen molar-refractivity contribution in [3.63, 3.8) is 0 Å². The molecule has 1 heterocycles. The fourth-order valence-electron chi connectivity index (χ4n) is 1.33. The highest BCUT2D eigenvalue weighted by Crippen LogP contribution is 2.14. The molecule has 0 aliphatic rings. The van der Waals surface area contributed by atoms with Crippen LogP contribution in [0.3, 0.4) is 0 Å². The second-order valence-electron chi connectivity index (χ2n) is 3.19. The first-order valence-corrected chi connectivity index (χ1v) is 4.32. The van der Waals surface area contributed by atoms with E-state index < -0.39 is 11.4 Å². The zero-order chi connectivity index (χ0) is 11.0. The number of halogens is 1. The second-order valence-corrected chi connectivity index (χ2v) is 3.19. The highest BCUT2D eigenvalue weighted by molar-refractivity contribution is 5.96. The molecular weight excluding hydrogens is 199 g/mol. The van der Waals surface area contributed by atoms with Gasteiger partial charge >= 0.3 is 5.63 Å². The minimum absolute atomic E-state index is 0.0193. The van der Waals surface area contributed by atoms with Crippen LogP contribution in [-0.4, -0.2) is 5.78 Å². The Kier molecular flexibility index (Phi) is 2.11. The summed E-state index contributed by atoms with van der Waals surface area (Å²) in [6.07, 6.45) is 0. The van der Waals surface area contributed by atoms with Crippen molar-refractivity contribution < 1.29 is 13.6 Å². The van der Waals surface area contributed by atoms with Gasteiger partial charge in [0.2, 0.25) is 0 Å². The van der Waals surface area contributed by atoms with Crippen molar-refractivity contribution in [3.05, 3.63) is 46.1 Å². The number of hydrogen-bond acceptors (Lipinski definition) is 3. The SMILES string of the molecule is CC(=O)c1cc2ccc(F)cc2oc1=O. The van der Waals surface area contributed by atoms with E-state index in [1.165, 1.54) is 25.1 Å². The molecule has 3 nitrogen and oxygen atoms in total. The normalized spacial score (nSPS) is 10.5. The molecule has 4 heteroatoms. The van der Waals surface area contributed by atoms with Gasteiger partial charge in [-0.1, -0.05) is 0 Å². The number of fused-ring (bicyclic) bond motifs is 1. The Hall–Kier alpha value is -1.97. The average Bonchev–Trinajstić information content (AvgIpc) is 2.15. The van der Waals surface area contributed by atoms with Crippen LogP contribution in [0.25, 0.3) is 11.0 Å². The summed E-state index contributed by atoms with van der Waals surface area (Å²) in [4.78, 5) is 22.3. The van der Waals surface area contributed by atoms with Crippen LogP contribution in [0.1, 0.15) is 17.3 Å². The van der Waals surface area contributed by atoms with Gasteiger partial charge in [-0.2, -0.15) is 0 Å². The van der Waals surface area contributed by atoms with Gasteiger partial charge in [-0.15, -0.1) is 0 Å². The third-order valence-corrected chi connectivity index (χ3v) is 2.08. The molecule has 0 saturated heterocycles. The molecular formula is C11H7FO3. The molecule has 0 amide bonds. The van der Waals surface area contributed by atoms with Gasteiger partial charge in [0, 0.05) is 11.5 Å². The number of ketones is 1. The van der Waals surface area contributed by atoms with Gasteiger partial charge < -0.3 is 4.42 Å². The number of rotatable bonds is 1. The molecule has 0 N–H and O–H groups in total. The Morgan fingerprint density at radius 2 is 2.07 bits per heavy atom. The van der Waals surface area contributed by atoms with E-state index in [9.17, 15) is 14.0 Å². The molecule has 0 unspecified atom stereocenters. The summed E-state index contributed by atoms with van der Waals surface area (Å²) in [5, 5.41) is 0.529. The summed E-state index contributed by atoms with van der Waals surface area (Å²) >= 11 is 0. The van der Waals surface area contributed by atoms with Crippen LogP contribution in [0.15, 0.2) is 33.5 Å². The summed E-state index contributed by atoms with van der Waals surface area (Å²) < 4.78 is 17.6. The molecule has 15 heavy (non-hydrogen) atoms. The van der Waals surface area contributed by atoms with Crippen LogP contribution in [0.5, 0.6) is 0 Å². The number of benzene rings is 1. The third kappa shape index (κ3) is 1.66. The highest BCUT2D eigenvalue weighted by atomic mass is 19.1. The fourth-order valence-corrected chi connectivity index (χ4v) is 1.33. The van der Waals surface area contributed by atoms with Crippen LogP contribution in [0, 0.1) is 5.82 Å². The van der Waals surface area contributed by atoms with Crippen molar-refractivity contribution in [2.24, 2.45) is 0 Å². The van der Waals surface area contributed by atoms with Crippen LogP contribution in [-0.2, 0) is 0 Å². The lowest BCUT2D eigenvalue weighted by Crippen LogP contribution is -2.10. The third-order valence-electron chi connectivity index (χ3n) is 2.08. The first-order valence-electron chi connectivity index (χ1n) is 4.32. The maximum atomic E-state index is 12.8. The molecule has 1 aromatic carbocycles. The average molecular weight is 206 g/mol. The smallest absolute Gasteiger partial charge is 0.347 e.